The van der Waals surface area contributed by atoms with E-state index in [1.54, 1.807) is 0 Å². The molecule has 1 heterocycles. The van der Waals surface area contributed by atoms with Gasteiger partial charge in [0.15, 0.2) is 0 Å². The van der Waals surface area contributed by atoms with Gasteiger partial charge < -0.3 is 10.1 Å². The van der Waals surface area contributed by atoms with Crippen LogP contribution in [0.1, 0.15) is 42.4 Å². The molecule has 0 aliphatic carbocycles. The average Bonchev–Trinajstić information content (AvgIpc) is 2.71. The second-order valence-corrected chi connectivity index (χ2v) is 5.36. The predicted octanol–water partition coefficient (Wildman–Crippen LogP) is 3.35. The highest BCUT2D eigenvalue weighted by atomic mass is 16.3. The van der Waals surface area contributed by atoms with Crippen LogP contribution >= 0.6 is 0 Å². The maximum absolute atomic E-state index is 9.00. The van der Waals surface area contributed by atoms with E-state index < -0.39 is 0 Å². The van der Waals surface area contributed by atoms with Crippen molar-refractivity contribution in [3.63, 3.8) is 0 Å². The third-order valence-corrected chi connectivity index (χ3v) is 3.47. The first-order chi connectivity index (χ1) is 9.02. The van der Waals surface area contributed by atoms with Gasteiger partial charge in [0, 0.05) is 17.7 Å². The zero-order valence-electron chi connectivity index (χ0n) is 12.1. The lowest BCUT2D eigenvalue weighted by atomic mass is 9.96. The van der Waals surface area contributed by atoms with Gasteiger partial charge in [-0.3, -0.25) is 0 Å². The molecule has 0 saturated carbocycles. The standard InChI is InChI=1S/C16H22N2O/c1-10(2)13-6-5-11(3)14(9-13)16-12(4)17-15(18-16)7-8-19/h5-6,9-10,19H,7-8H2,1-4H3,(H,17,18). The molecule has 1 aromatic heterocycles. The molecule has 102 valence electrons. The molecule has 0 amide bonds. The zero-order chi connectivity index (χ0) is 14.0. The third kappa shape index (κ3) is 2.87. The van der Waals surface area contributed by atoms with Gasteiger partial charge in [-0.05, 0) is 37.0 Å². The van der Waals surface area contributed by atoms with Crippen LogP contribution in [-0.2, 0) is 6.42 Å². The van der Waals surface area contributed by atoms with Crippen molar-refractivity contribution in [2.75, 3.05) is 6.61 Å². The Hall–Kier alpha value is -1.61. The molecule has 3 nitrogen and oxygen atoms in total. The molecule has 0 aliphatic rings. The first-order valence-electron chi connectivity index (χ1n) is 6.80. The van der Waals surface area contributed by atoms with Gasteiger partial charge in [0.1, 0.15) is 5.82 Å². The highest BCUT2D eigenvalue weighted by Gasteiger charge is 2.12. The lowest BCUT2D eigenvalue weighted by Gasteiger charge is -2.10. The minimum absolute atomic E-state index is 0.122. The van der Waals surface area contributed by atoms with Gasteiger partial charge in [0.25, 0.3) is 0 Å². The van der Waals surface area contributed by atoms with Gasteiger partial charge in [-0.15, -0.1) is 0 Å². The molecule has 0 aliphatic heterocycles. The molecule has 1 aromatic carbocycles. The van der Waals surface area contributed by atoms with E-state index in [1.165, 1.54) is 16.7 Å². The van der Waals surface area contributed by atoms with Crippen molar-refractivity contribution >= 4 is 0 Å². The molecule has 0 bridgehead atoms. The molecular formula is C16H22N2O. The van der Waals surface area contributed by atoms with Gasteiger partial charge in [0.05, 0.1) is 12.3 Å². The number of aliphatic hydroxyl groups excluding tert-OH is 1. The van der Waals surface area contributed by atoms with Crippen molar-refractivity contribution in [1.29, 1.82) is 0 Å². The number of nitrogens with one attached hydrogen (secondary N) is 1. The third-order valence-electron chi connectivity index (χ3n) is 3.47. The Morgan fingerprint density at radius 1 is 1.26 bits per heavy atom. The molecule has 0 spiro atoms. The summed E-state index contributed by atoms with van der Waals surface area (Å²) < 4.78 is 0. The second kappa shape index (κ2) is 5.57. The van der Waals surface area contributed by atoms with E-state index in [4.69, 9.17) is 5.11 Å². The van der Waals surface area contributed by atoms with Gasteiger partial charge in [-0.1, -0.05) is 26.0 Å². The number of hydrogen-bond donors (Lipinski definition) is 2. The van der Waals surface area contributed by atoms with Crippen molar-refractivity contribution < 1.29 is 5.11 Å². The van der Waals surface area contributed by atoms with Crippen molar-refractivity contribution in [2.24, 2.45) is 0 Å². The van der Waals surface area contributed by atoms with Gasteiger partial charge >= 0.3 is 0 Å². The Labute approximate surface area is 114 Å². The lowest BCUT2D eigenvalue weighted by molar-refractivity contribution is 0.297. The van der Waals surface area contributed by atoms with Crippen LogP contribution in [-0.4, -0.2) is 21.7 Å². The summed E-state index contributed by atoms with van der Waals surface area (Å²) in [7, 11) is 0. The topological polar surface area (TPSA) is 48.9 Å². The maximum atomic E-state index is 9.00. The molecule has 0 radical (unpaired) electrons. The number of aromatic amines is 1. The van der Waals surface area contributed by atoms with E-state index in [0.717, 1.165) is 17.2 Å². The highest BCUT2D eigenvalue weighted by Crippen LogP contribution is 2.28. The Morgan fingerprint density at radius 2 is 2.00 bits per heavy atom. The number of aromatic nitrogens is 2. The summed E-state index contributed by atoms with van der Waals surface area (Å²) in [5, 5.41) is 9.00. The van der Waals surface area contributed by atoms with Crippen LogP contribution < -0.4 is 0 Å². The van der Waals surface area contributed by atoms with E-state index in [1.807, 2.05) is 6.92 Å². The lowest BCUT2D eigenvalue weighted by Crippen LogP contribution is -1.93. The fourth-order valence-corrected chi connectivity index (χ4v) is 2.26. The molecule has 0 fully saturated rings. The van der Waals surface area contributed by atoms with Crippen LogP contribution in [0.2, 0.25) is 0 Å². The number of rotatable bonds is 4. The van der Waals surface area contributed by atoms with E-state index in [2.05, 4.69) is 48.9 Å². The number of nitrogens with zero attached hydrogens (tertiary/aromatic N) is 1. The van der Waals surface area contributed by atoms with Crippen molar-refractivity contribution in [3.8, 4) is 11.3 Å². The fourth-order valence-electron chi connectivity index (χ4n) is 2.26. The molecule has 3 heteroatoms. The van der Waals surface area contributed by atoms with E-state index in [0.29, 0.717) is 12.3 Å². The van der Waals surface area contributed by atoms with Crippen LogP contribution in [0.5, 0.6) is 0 Å². The Kier molecular flexibility index (Phi) is 4.05. The van der Waals surface area contributed by atoms with Crippen LogP contribution in [0.25, 0.3) is 11.3 Å². The molecule has 0 atom stereocenters. The number of H-pyrrole nitrogens is 1. The van der Waals surface area contributed by atoms with Crippen molar-refractivity contribution in [3.05, 3.63) is 40.8 Å². The molecule has 2 aromatic rings. The zero-order valence-corrected chi connectivity index (χ0v) is 12.1. The first kappa shape index (κ1) is 13.8. The Balaban J connectivity index is 2.48. The smallest absolute Gasteiger partial charge is 0.109 e. The van der Waals surface area contributed by atoms with Crippen LogP contribution in [0.4, 0.5) is 0 Å². The van der Waals surface area contributed by atoms with Crippen molar-refractivity contribution in [2.45, 2.75) is 40.0 Å². The minimum Gasteiger partial charge on any atom is -0.396 e. The van der Waals surface area contributed by atoms with Crippen molar-refractivity contribution in [1.82, 2.24) is 9.97 Å². The Morgan fingerprint density at radius 3 is 2.63 bits per heavy atom. The monoisotopic (exact) mass is 258 g/mol. The van der Waals surface area contributed by atoms with E-state index >= 15 is 0 Å². The van der Waals surface area contributed by atoms with Gasteiger partial charge in [0.2, 0.25) is 0 Å². The molecule has 2 rings (SSSR count). The van der Waals surface area contributed by atoms with E-state index in [-0.39, 0.29) is 6.61 Å². The quantitative estimate of drug-likeness (QED) is 0.883. The normalized spacial score (nSPS) is 11.3. The fraction of sp³-hybridized carbons (Fsp3) is 0.438. The number of hydrogen-bond acceptors (Lipinski definition) is 2. The predicted molar refractivity (Wildman–Crippen MR) is 78.4 cm³/mol. The van der Waals surface area contributed by atoms with Gasteiger partial charge in [-0.2, -0.15) is 0 Å². The SMILES string of the molecule is Cc1ccc(C(C)C)cc1-c1nc(CCO)[nH]c1C. The number of aryl methyl sites for hydroxylation is 2. The summed E-state index contributed by atoms with van der Waals surface area (Å²) in [6.07, 6.45) is 0.573. The first-order valence-corrected chi connectivity index (χ1v) is 6.80. The largest absolute Gasteiger partial charge is 0.396 e. The summed E-state index contributed by atoms with van der Waals surface area (Å²) in [6, 6.07) is 6.57. The van der Waals surface area contributed by atoms with Gasteiger partial charge in [-0.25, -0.2) is 4.98 Å². The number of benzene rings is 1. The summed E-state index contributed by atoms with van der Waals surface area (Å²) >= 11 is 0. The van der Waals surface area contributed by atoms with Crippen LogP contribution in [0, 0.1) is 13.8 Å². The summed E-state index contributed by atoms with van der Waals surface area (Å²) in [4.78, 5) is 7.86. The average molecular weight is 258 g/mol. The summed E-state index contributed by atoms with van der Waals surface area (Å²) in [5.41, 5.74) is 5.81. The summed E-state index contributed by atoms with van der Waals surface area (Å²) in [6.45, 7) is 8.66. The second-order valence-electron chi connectivity index (χ2n) is 5.36. The number of aliphatic hydroxyl groups is 1. The molecule has 2 N–H and O–H groups in total. The molecule has 19 heavy (non-hydrogen) atoms. The minimum atomic E-state index is 0.122. The maximum Gasteiger partial charge on any atom is 0.109 e. The molecule has 0 unspecified atom stereocenters. The number of imidazole rings is 1. The summed E-state index contributed by atoms with van der Waals surface area (Å²) in [5.74, 6) is 1.36. The van der Waals surface area contributed by atoms with Crippen LogP contribution in [0.15, 0.2) is 18.2 Å². The molecule has 0 saturated heterocycles. The Bertz CT molecular complexity index is 570. The molecular weight excluding hydrogens is 236 g/mol. The van der Waals surface area contributed by atoms with E-state index in [9.17, 15) is 0 Å². The van der Waals surface area contributed by atoms with Crippen LogP contribution in [0.3, 0.4) is 0 Å². The highest BCUT2D eigenvalue weighted by molar-refractivity contribution is 5.67.